The molecule has 0 spiro atoms. The summed E-state index contributed by atoms with van der Waals surface area (Å²) in [7, 11) is 0. The minimum Gasteiger partial charge on any atom is -0.312 e. The lowest BCUT2D eigenvalue weighted by atomic mass is 10.00. The van der Waals surface area contributed by atoms with E-state index in [0.717, 1.165) is 31.7 Å². The van der Waals surface area contributed by atoms with Gasteiger partial charge in [-0.15, -0.1) is 0 Å². The average molecular weight is 323 g/mol. The van der Waals surface area contributed by atoms with Gasteiger partial charge in [-0.05, 0) is 18.9 Å². The third-order valence-corrected chi connectivity index (χ3v) is 4.59. The van der Waals surface area contributed by atoms with E-state index in [1.165, 1.54) is 57.4 Å². The van der Waals surface area contributed by atoms with Crippen LogP contribution in [0.25, 0.3) is 0 Å². The summed E-state index contributed by atoms with van der Waals surface area (Å²) in [6.45, 7) is 4.44. The minimum absolute atomic E-state index is 0.197. The largest absolute Gasteiger partial charge is 0.312 e. The molecule has 1 aromatic heterocycles. The van der Waals surface area contributed by atoms with E-state index >= 15 is 0 Å². The molecule has 0 unspecified atom stereocenters. The number of rotatable bonds is 13. The van der Waals surface area contributed by atoms with Gasteiger partial charge in [0.15, 0.2) is 0 Å². The first kappa shape index (κ1) is 19.9. The van der Waals surface area contributed by atoms with Gasteiger partial charge < -0.3 is 4.57 Å². The third kappa shape index (κ3) is 8.34. The highest BCUT2D eigenvalue weighted by atomic mass is 19.1. The van der Waals surface area contributed by atoms with Gasteiger partial charge in [0.25, 0.3) is 5.56 Å². The molecular weight excluding hydrogens is 289 g/mol. The first-order chi connectivity index (χ1) is 11.2. The Morgan fingerprint density at radius 2 is 1.43 bits per heavy atom. The van der Waals surface area contributed by atoms with Gasteiger partial charge >= 0.3 is 0 Å². The maximum Gasteiger partial charge on any atom is 0.253 e. The molecule has 0 atom stereocenters. The van der Waals surface area contributed by atoms with Crippen LogP contribution in [0.4, 0.5) is 4.39 Å². The molecule has 0 aliphatic carbocycles. The summed E-state index contributed by atoms with van der Waals surface area (Å²) in [5, 5.41) is 0. The van der Waals surface area contributed by atoms with E-state index in [1.54, 1.807) is 10.8 Å². The van der Waals surface area contributed by atoms with E-state index in [1.807, 2.05) is 0 Å². The molecule has 132 valence electrons. The molecule has 0 saturated heterocycles. The Balaban J connectivity index is 2.54. The Morgan fingerprint density at radius 1 is 0.913 bits per heavy atom. The molecule has 0 bridgehead atoms. The molecular formula is C20H34FNO. The summed E-state index contributed by atoms with van der Waals surface area (Å²) in [6.07, 6.45) is 16.1. The third-order valence-electron chi connectivity index (χ3n) is 4.59. The zero-order valence-electron chi connectivity index (χ0n) is 15.0. The molecule has 0 fully saturated rings. The topological polar surface area (TPSA) is 22.0 Å². The maximum absolute atomic E-state index is 13.2. The van der Waals surface area contributed by atoms with Crippen LogP contribution in [-0.2, 0) is 0 Å². The average Bonchev–Trinajstić information content (AvgIpc) is 2.53. The lowest BCUT2D eigenvalue weighted by molar-refractivity contribution is 0.384. The molecule has 0 amide bonds. The SMILES string of the molecule is CCCCCCCC(CCCCCCC)n1ccc(F)cc1=O. The van der Waals surface area contributed by atoms with Crippen molar-refractivity contribution >= 4 is 0 Å². The summed E-state index contributed by atoms with van der Waals surface area (Å²) >= 11 is 0. The molecule has 23 heavy (non-hydrogen) atoms. The van der Waals surface area contributed by atoms with Crippen LogP contribution in [0.3, 0.4) is 0 Å². The van der Waals surface area contributed by atoms with Crippen LogP contribution in [0.15, 0.2) is 23.1 Å². The number of hydrogen-bond donors (Lipinski definition) is 0. The van der Waals surface area contributed by atoms with Crippen LogP contribution in [0.5, 0.6) is 0 Å². The monoisotopic (exact) mass is 323 g/mol. The van der Waals surface area contributed by atoms with Crippen molar-refractivity contribution in [2.24, 2.45) is 0 Å². The Hall–Kier alpha value is -1.12. The number of aromatic nitrogens is 1. The smallest absolute Gasteiger partial charge is 0.253 e. The molecule has 0 aliphatic heterocycles. The summed E-state index contributed by atoms with van der Waals surface area (Å²) in [6, 6.07) is 2.75. The lowest BCUT2D eigenvalue weighted by Gasteiger charge is -2.20. The normalized spacial score (nSPS) is 11.3. The van der Waals surface area contributed by atoms with E-state index < -0.39 is 5.82 Å². The summed E-state index contributed by atoms with van der Waals surface area (Å²) in [5.74, 6) is -0.434. The predicted octanol–water partition coefficient (Wildman–Crippen LogP) is 6.25. The van der Waals surface area contributed by atoms with Crippen LogP contribution in [0.1, 0.15) is 96.9 Å². The molecule has 3 heteroatoms. The fraction of sp³-hybridized carbons (Fsp3) is 0.750. The number of nitrogens with zero attached hydrogens (tertiary/aromatic N) is 1. The van der Waals surface area contributed by atoms with Crippen molar-refractivity contribution in [2.45, 2.75) is 96.9 Å². The fourth-order valence-electron chi connectivity index (χ4n) is 3.16. The molecule has 0 aliphatic rings. The van der Waals surface area contributed by atoms with Crippen LogP contribution in [-0.4, -0.2) is 4.57 Å². The van der Waals surface area contributed by atoms with Gasteiger partial charge in [0.2, 0.25) is 0 Å². The van der Waals surface area contributed by atoms with E-state index in [0.29, 0.717) is 0 Å². The Kier molecular flexibility index (Phi) is 10.7. The standard InChI is InChI=1S/C20H34FNO/c1-3-5-7-9-11-13-19(14-12-10-8-6-4-2)22-16-15-18(21)17-20(22)23/h15-17,19H,3-14H2,1-2H3. The number of hydrogen-bond acceptors (Lipinski definition) is 1. The van der Waals surface area contributed by atoms with Gasteiger partial charge in [0.1, 0.15) is 5.82 Å². The van der Waals surface area contributed by atoms with Crippen molar-refractivity contribution in [3.63, 3.8) is 0 Å². The van der Waals surface area contributed by atoms with Gasteiger partial charge in [-0.1, -0.05) is 78.1 Å². The van der Waals surface area contributed by atoms with E-state index in [2.05, 4.69) is 13.8 Å². The molecule has 0 saturated carbocycles. The number of unbranched alkanes of at least 4 members (excludes halogenated alkanes) is 8. The highest BCUT2D eigenvalue weighted by Crippen LogP contribution is 2.22. The number of pyridine rings is 1. The molecule has 1 aromatic rings. The zero-order chi connectivity index (χ0) is 16.9. The van der Waals surface area contributed by atoms with Crippen LogP contribution >= 0.6 is 0 Å². The highest BCUT2D eigenvalue weighted by molar-refractivity contribution is 4.98. The summed E-state index contributed by atoms with van der Waals surface area (Å²) in [4.78, 5) is 12.1. The zero-order valence-corrected chi connectivity index (χ0v) is 15.0. The minimum atomic E-state index is -0.434. The summed E-state index contributed by atoms with van der Waals surface area (Å²) in [5.41, 5.74) is -0.197. The molecule has 0 aromatic carbocycles. The Labute approximate surface area is 141 Å². The van der Waals surface area contributed by atoms with Crippen LogP contribution < -0.4 is 5.56 Å². The van der Waals surface area contributed by atoms with Gasteiger partial charge in [-0.25, -0.2) is 4.39 Å². The van der Waals surface area contributed by atoms with Crippen molar-refractivity contribution in [1.29, 1.82) is 0 Å². The van der Waals surface area contributed by atoms with Gasteiger partial charge in [-0.3, -0.25) is 4.79 Å². The van der Waals surface area contributed by atoms with E-state index in [4.69, 9.17) is 0 Å². The maximum atomic E-state index is 13.2. The second kappa shape index (κ2) is 12.3. The number of halogens is 1. The second-order valence-corrected chi connectivity index (χ2v) is 6.65. The van der Waals surface area contributed by atoms with E-state index in [-0.39, 0.29) is 11.6 Å². The second-order valence-electron chi connectivity index (χ2n) is 6.65. The molecule has 1 heterocycles. The van der Waals surface area contributed by atoms with Crippen LogP contribution in [0, 0.1) is 5.82 Å². The van der Waals surface area contributed by atoms with Crippen molar-refractivity contribution in [1.82, 2.24) is 4.57 Å². The fourth-order valence-corrected chi connectivity index (χ4v) is 3.16. The van der Waals surface area contributed by atoms with E-state index in [9.17, 15) is 9.18 Å². The molecule has 0 N–H and O–H groups in total. The Bertz CT molecular complexity index is 455. The quantitative estimate of drug-likeness (QED) is 0.393. The first-order valence-electron chi connectivity index (χ1n) is 9.56. The van der Waals surface area contributed by atoms with Crippen molar-refractivity contribution < 1.29 is 4.39 Å². The van der Waals surface area contributed by atoms with Gasteiger partial charge in [0, 0.05) is 18.3 Å². The summed E-state index contributed by atoms with van der Waals surface area (Å²) < 4.78 is 14.9. The molecule has 0 radical (unpaired) electrons. The first-order valence-corrected chi connectivity index (χ1v) is 9.56. The van der Waals surface area contributed by atoms with Gasteiger partial charge in [-0.2, -0.15) is 0 Å². The van der Waals surface area contributed by atoms with Crippen molar-refractivity contribution in [2.75, 3.05) is 0 Å². The van der Waals surface area contributed by atoms with Crippen molar-refractivity contribution in [3.8, 4) is 0 Å². The highest BCUT2D eigenvalue weighted by Gasteiger charge is 2.12. The van der Waals surface area contributed by atoms with Crippen molar-refractivity contribution in [3.05, 3.63) is 34.5 Å². The van der Waals surface area contributed by atoms with Crippen LogP contribution in [0.2, 0.25) is 0 Å². The predicted molar refractivity (Wildman–Crippen MR) is 96.4 cm³/mol. The lowest BCUT2D eigenvalue weighted by Crippen LogP contribution is -2.24. The Morgan fingerprint density at radius 3 is 1.91 bits per heavy atom. The molecule has 2 nitrogen and oxygen atoms in total. The van der Waals surface area contributed by atoms with Gasteiger partial charge in [0.05, 0.1) is 0 Å². The molecule has 1 rings (SSSR count).